The lowest BCUT2D eigenvalue weighted by atomic mass is 10.2. The van der Waals surface area contributed by atoms with Crippen molar-refractivity contribution in [1.29, 1.82) is 0 Å². The topological polar surface area (TPSA) is 89.3 Å². The normalized spacial score (nSPS) is 16.3. The quantitative estimate of drug-likeness (QED) is 0.535. The Kier molecular flexibility index (Phi) is 4.57. The molecule has 3 heterocycles. The maximum Gasteiger partial charge on any atom is 0.253 e. The molecule has 1 aliphatic rings. The second-order valence-electron chi connectivity index (χ2n) is 7.04. The Balaban J connectivity index is 1.33. The summed E-state index contributed by atoms with van der Waals surface area (Å²) in [7, 11) is 0. The number of para-hydroxylation sites is 1. The van der Waals surface area contributed by atoms with Crippen molar-refractivity contribution in [3.63, 3.8) is 0 Å². The van der Waals surface area contributed by atoms with Gasteiger partial charge in [-0.2, -0.15) is 0 Å². The largest absolute Gasteiger partial charge is 0.450 e. The number of fused-ring (bicyclic) bond motifs is 3. The molecule has 29 heavy (non-hydrogen) atoms. The molecule has 1 unspecified atom stereocenters. The molecule has 1 atom stereocenters. The molecule has 2 aromatic carbocycles. The van der Waals surface area contributed by atoms with Crippen LogP contribution in [0.5, 0.6) is 0 Å². The van der Waals surface area contributed by atoms with Gasteiger partial charge in [0.25, 0.3) is 5.91 Å². The van der Waals surface area contributed by atoms with Gasteiger partial charge in [0.15, 0.2) is 11.4 Å². The van der Waals surface area contributed by atoms with Gasteiger partial charge in [-0.3, -0.25) is 4.79 Å². The summed E-state index contributed by atoms with van der Waals surface area (Å²) < 4.78 is 11.4. The molecule has 5 rings (SSSR count). The predicted molar refractivity (Wildman–Crippen MR) is 111 cm³/mol. The zero-order valence-corrected chi connectivity index (χ0v) is 15.7. The van der Waals surface area contributed by atoms with Crippen LogP contribution in [-0.4, -0.2) is 28.6 Å². The van der Waals surface area contributed by atoms with Crippen LogP contribution in [0.15, 0.2) is 59.3 Å². The number of benzene rings is 2. The number of furan rings is 1. The smallest absolute Gasteiger partial charge is 0.253 e. The van der Waals surface area contributed by atoms with E-state index in [-0.39, 0.29) is 12.0 Å². The van der Waals surface area contributed by atoms with Crippen molar-refractivity contribution in [2.24, 2.45) is 0 Å². The van der Waals surface area contributed by atoms with Crippen LogP contribution < -0.4 is 10.6 Å². The highest BCUT2D eigenvalue weighted by Crippen LogP contribution is 2.30. The van der Waals surface area contributed by atoms with Gasteiger partial charge >= 0.3 is 0 Å². The van der Waals surface area contributed by atoms with Crippen LogP contribution in [0.3, 0.4) is 0 Å². The minimum atomic E-state index is -0.348. The lowest BCUT2D eigenvalue weighted by Crippen LogP contribution is -2.26. The summed E-state index contributed by atoms with van der Waals surface area (Å²) in [5.41, 5.74) is 3.97. The zero-order valence-electron chi connectivity index (χ0n) is 15.7. The van der Waals surface area contributed by atoms with Gasteiger partial charge in [-0.25, -0.2) is 9.97 Å². The molecule has 0 spiro atoms. The standard InChI is InChI=1S/C22H20N4O3/c27-22(18-9-4-10-28-18)26-15-6-3-5-14(11-15)12-23-21-20-19(24-13-25-21)16-7-1-2-8-17(16)29-20/h1-3,5-8,11,13,18H,4,9-10,12H2,(H,26,27)(H,23,24,25). The Hall–Kier alpha value is -3.45. The third kappa shape index (κ3) is 3.52. The molecule has 1 amide bonds. The van der Waals surface area contributed by atoms with Crippen molar-refractivity contribution >= 4 is 39.5 Å². The summed E-state index contributed by atoms with van der Waals surface area (Å²) >= 11 is 0. The summed E-state index contributed by atoms with van der Waals surface area (Å²) in [5, 5.41) is 7.22. The molecule has 0 saturated carbocycles. The molecule has 4 aromatic rings. The van der Waals surface area contributed by atoms with E-state index in [9.17, 15) is 4.79 Å². The molecule has 2 aromatic heterocycles. The number of hydrogen-bond donors (Lipinski definition) is 2. The Bertz CT molecular complexity index is 1180. The summed E-state index contributed by atoms with van der Waals surface area (Å²) in [6, 6.07) is 15.5. The molecule has 0 radical (unpaired) electrons. The first-order valence-corrected chi connectivity index (χ1v) is 9.65. The minimum absolute atomic E-state index is 0.0904. The van der Waals surface area contributed by atoms with Crippen LogP contribution >= 0.6 is 0 Å². The lowest BCUT2D eigenvalue weighted by Gasteiger charge is -2.12. The first kappa shape index (κ1) is 17.6. The molecule has 2 N–H and O–H groups in total. The number of nitrogens with zero attached hydrogens (tertiary/aromatic N) is 2. The molecular weight excluding hydrogens is 368 g/mol. The van der Waals surface area contributed by atoms with Gasteiger partial charge in [-0.1, -0.05) is 24.3 Å². The van der Waals surface area contributed by atoms with Crippen LogP contribution in [0.1, 0.15) is 18.4 Å². The number of carbonyl (C=O) groups is 1. The van der Waals surface area contributed by atoms with Crippen LogP contribution in [0, 0.1) is 0 Å². The first-order chi connectivity index (χ1) is 14.3. The summed E-state index contributed by atoms with van der Waals surface area (Å²) in [4.78, 5) is 21.0. The average molecular weight is 388 g/mol. The Morgan fingerprint density at radius 3 is 2.97 bits per heavy atom. The first-order valence-electron chi connectivity index (χ1n) is 9.65. The van der Waals surface area contributed by atoms with Crippen molar-refractivity contribution in [2.45, 2.75) is 25.5 Å². The van der Waals surface area contributed by atoms with Crippen molar-refractivity contribution in [1.82, 2.24) is 9.97 Å². The SMILES string of the molecule is O=C(Nc1cccc(CNc2ncnc3c2oc2ccccc23)c1)C1CCCO1. The van der Waals surface area contributed by atoms with Crippen molar-refractivity contribution < 1.29 is 13.9 Å². The van der Waals surface area contributed by atoms with Crippen LogP contribution in [0.4, 0.5) is 11.5 Å². The molecule has 7 nitrogen and oxygen atoms in total. The van der Waals surface area contributed by atoms with Gasteiger partial charge in [-0.05, 0) is 42.7 Å². The zero-order chi connectivity index (χ0) is 19.6. The van der Waals surface area contributed by atoms with E-state index in [1.165, 1.54) is 6.33 Å². The third-order valence-corrected chi connectivity index (χ3v) is 5.03. The lowest BCUT2D eigenvalue weighted by molar-refractivity contribution is -0.124. The number of rotatable bonds is 5. The van der Waals surface area contributed by atoms with Gasteiger partial charge in [0.1, 0.15) is 23.5 Å². The third-order valence-electron chi connectivity index (χ3n) is 5.03. The Morgan fingerprint density at radius 2 is 2.07 bits per heavy atom. The number of ether oxygens (including phenoxy) is 1. The van der Waals surface area contributed by atoms with Gasteiger partial charge in [0.2, 0.25) is 0 Å². The summed E-state index contributed by atoms with van der Waals surface area (Å²) in [6.07, 6.45) is 2.88. The fourth-order valence-corrected chi connectivity index (χ4v) is 3.60. The maximum atomic E-state index is 12.3. The molecule has 146 valence electrons. The fraction of sp³-hybridized carbons (Fsp3) is 0.227. The second-order valence-corrected chi connectivity index (χ2v) is 7.04. The van der Waals surface area contributed by atoms with E-state index in [1.54, 1.807) is 0 Å². The fourth-order valence-electron chi connectivity index (χ4n) is 3.60. The highest BCUT2D eigenvalue weighted by molar-refractivity contribution is 6.05. The van der Waals surface area contributed by atoms with Gasteiger partial charge in [-0.15, -0.1) is 0 Å². The van der Waals surface area contributed by atoms with Crippen molar-refractivity contribution in [3.05, 3.63) is 60.4 Å². The number of amides is 1. The number of hydrogen-bond acceptors (Lipinski definition) is 6. The number of carbonyl (C=O) groups excluding carboxylic acids is 1. The average Bonchev–Trinajstić information content (AvgIpc) is 3.41. The molecule has 7 heteroatoms. The minimum Gasteiger partial charge on any atom is -0.450 e. The molecular formula is C22H20N4O3. The van der Waals surface area contributed by atoms with E-state index in [0.717, 1.165) is 40.6 Å². The molecule has 1 saturated heterocycles. The number of aromatic nitrogens is 2. The van der Waals surface area contributed by atoms with Crippen LogP contribution in [-0.2, 0) is 16.1 Å². The highest BCUT2D eigenvalue weighted by atomic mass is 16.5. The van der Waals surface area contributed by atoms with E-state index < -0.39 is 0 Å². The van der Waals surface area contributed by atoms with E-state index in [4.69, 9.17) is 9.15 Å². The summed E-state index contributed by atoms with van der Waals surface area (Å²) in [5.74, 6) is 0.549. The monoisotopic (exact) mass is 388 g/mol. The van der Waals surface area contributed by atoms with Gasteiger partial charge in [0.05, 0.1) is 0 Å². The van der Waals surface area contributed by atoms with E-state index in [0.29, 0.717) is 24.6 Å². The maximum absolute atomic E-state index is 12.3. The Labute approximate surface area is 167 Å². The molecule has 1 fully saturated rings. The highest BCUT2D eigenvalue weighted by Gasteiger charge is 2.23. The van der Waals surface area contributed by atoms with E-state index >= 15 is 0 Å². The summed E-state index contributed by atoms with van der Waals surface area (Å²) in [6.45, 7) is 1.18. The van der Waals surface area contributed by atoms with E-state index in [2.05, 4.69) is 20.6 Å². The van der Waals surface area contributed by atoms with E-state index in [1.807, 2.05) is 48.5 Å². The number of anilines is 2. The molecule has 0 bridgehead atoms. The van der Waals surface area contributed by atoms with Crippen LogP contribution in [0.25, 0.3) is 22.1 Å². The van der Waals surface area contributed by atoms with Gasteiger partial charge in [0, 0.05) is 24.2 Å². The number of nitrogens with one attached hydrogen (secondary N) is 2. The molecule has 0 aliphatic carbocycles. The van der Waals surface area contributed by atoms with Crippen LogP contribution in [0.2, 0.25) is 0 Å². The predicted octanol–water partition coefficient (Wildman–Crippen LogP) is 4.11. The second kappa shape index (κ2) is 7.52. The molecule has 1 aliphatic heterocycles. The van der Waals surface area contributed by atoms with Crippen molar-refractivity contribution in [3.8, 4) is 0 Å². The van der Waals surface area contributed by atoms with Gasteiger partial charge < -0.3 is 19.8 Å². The Morgan fingerprint density at radius 1 is 1.14 bits per heavy atom. The van der Waals surface area contributed by atoms with Crippen molar-refractivity contribution in [2.75, 3.05) is 17.2 Å².